The number of fused-ring (bicyclic) bond motifs is 1. The molecule has 0 atom stereocenters. The number of likely N-dealkylation sites (N-methyl/N-ethyl adjacent to an activating group) is 1. The first-order chi connectivity index (χ1) is 10.1. The Kier molecular flexibility index (Phi) is 3.64. The van der Waals surface area contributed by atoms with Crippen molar-refractivity contribution >= 4 is 22.7 Å². The van der Waals surface area contributed by atoms with E-state index in [9.17, 15) is 9.59 Å². The molecule has 1 fully saturated rings. The van der Waals surface area contributed by atoms with Crippen LogP contribution < -0.4 is 0 Å². The Morgan fingerprint density at radius 3 is 2.95 bits per heavy atom. The fraction of sp³-hybridized carbons (Fsp3) is 0.375. The molecule has 3 rings (SSSR count). The normalized spacial score (nSPS) is 16.3. The van der Waals surface area contributed by atoms with Gasteiger partial charge in [-0.3, -0.25) is 9.59 Å². The van der Waals surface area contributed by atoms with Crippen LogP contribution in [0.25, 0.3) is 10.9 Å². The van der Waals surface area contributed by atoms with Gasteiger partial charge >= 0.3 is 0 Å². The molecule has 2 heterocycles. The van der Waals surface area contributed by atoms with Gasteiger partial charge in [0, 0.05) is 37.2 Å². The average Bonchev–Trinajstić information content (AvgIpc) is 2.80. The van der Waals surface area contributed by atoms with E-state index < -0.39 is 0 Å². The fourth-order valence-electron chi connectivity index (χ4n) is 2.75. The summed E-state index contributed by atoms with van der Waals surface area (Å²) in [6.07, 6.45) is 3.05. The Morgan fingerprint density at radius 1 is 1.29 bits per heavy atom. The van der Waals surface area contributed by atoms with Crippen molar-refractivity contribution in [1.82, 2.24) is 14.8 Å². The van der Waals surface area contributed by atoms with Crippen molar-refractivity contribution in [3.8, 4) is 0 Å². The summed E-state index contributed by atoms with van der Waals surface area (Å²) in [7, 11) is 1.79. The number of amides is 2. The van der Waals surface area contributed by atoms with Crippen molar-refractivity contribution < 1.29 is 9.59 Å². The van der Waals surface area contributed by atoms with Crippen LogP contribution in [0.4, 0.5) is 0 Å². The number of carbonyl (C=O) groups is 2. The number of aromatic amines is 1. The monoisotopic (exact) mass is 285 g/mol. The van der Waals surface area contributed by atoms with E-state index in [1.807, 2.05) is 30.5 Å². The van der Waals surface area contributed by atoms with Gasteiger partial charge in [0.15, 0.2) is 0 Å². The van der Waals surface area contributed by atoms with Gasteiger partial charge in [-0.2, -0.15) is 0 Å². The molecular formula is C16H19N3O2. The minimum absolute atomic E-state index is 0.0137. The lowest BCUT2D eigenvalue weighted by Crippen LogP contribution is -2.38. The molecule has 0 unspecified atom stereocenters. The van der Waals surface area contributed by atoms with Gasteiger partial charge < -0.3 is 14.8 Å². The first-order valence-electron chi connectivity index (χ1n) is 7.22. The van der Waals surface area contributed by atoms with Crippen molar-refractivity contribution in [2.75, 3.05) is 26.7 Å². The summed E-state index contributed by atoms with van der Waals surface area (Å²) in [6.45, 7) is 1.56. The summed E-state index contributed by atoms with van der Waals surface area (Å²) in [5.74, 6) is 0.0307. The Hall–Kier alpha value is -2.30. The van der Waals surface area contributed by atoms with Crippen molar-refractivity contribution in [2.45, 2.75) is 12.8 Å². The number of benzene rings is 1. The first kappa shape index (κ1) is 13.7. The number of para-hydroxylation sites is 1. The van der Waals surface area contributed by atoms with Crippen LogP contribution in [-0.4, -0.2) is 53.3 Å². The number of nitrogens with one attached hydrogen (secondary N) is 1. The van der Waals surface area contributed by atoms with Crippen LogP contribution in [0.15, 0.2) is 30.5 Å². The molecular weight excluding hydrogens is 266 g/mol. The molecule has 1 saturated heterocycles. The van der Waals surface area contributed by atoms with Crippen LogP contribution in [0.5, 0.6) is 0 Å². The quantitative estimate of drug-likeness (QED) is 0.907. The molecule has 0 spiro atoms. The molecule has 0 bridgehead atoms. The fourth-order valence-corrected chi connectivity index (χ4v) is 2.75. The summed E-state index contributed by atoms with van der Waals surface area (Å²) < 4.78 is 0. The predicted molar refractivity (Wildman–Crippen MR) is 80.8 cm³/mol. The van der Waals surface area contributed by atoms with Crippen molar-refractivity contribution in [3.05, 3.63) is 36.0 Å². The van der Waals surface area contributed by atoms with Crippen LogP contribution in [0.2, 0.25) is 0 Å². The third kappa shape index (κ3) is 2.77. The molecule has 2 aromatic rings. The first-order valence-corrected chi connectivity index (χ1v) is 7.22. The SMILES string of the molecule is CN1CCCN(C(=O)Cc2c[nH]c3ccccc23)CC1=O. The van der Waals surface area contributed by atoms with Gasteiger partial charge in [0.1, 0.15) is 0 Å². The van der Waals surface area contributed by atoms with Crippen LogP contribution >= 0.6 is 0 Å². The van der Waals surface area contributed by atoms with E-state index in [-0.39, 0.29) is 18.4 Å². The largest absolute Gasteiger partial charge is 0.361 e. The van der Waals surface area contributed by atoms with E-state index in [1.165, 1.54) is 0 Å². The van der Waals surface area contributed by atoms with Crippen molar-refractivity contribution in [2.24, 2.45) is 0 Å². The second-order valence-corrected chi connectivity index (χ2v) is 5.52. The topological polar surface area (TPSA) is 56.4 Å². The molecule has 5 nitrogen and oxygen atoms in total. The smallest absolute Gasteiger partial charge is 0.241 e. The minimum Gasteiger partial charge on any atom is -0.361 e. The van der Waals surface area contributed by atoms with E-state index in [0.29, 0.717) is 13.0 Å². The molecule has 0 saturated carbocycles. The van der Waals surface area contributed by atoms with Crippen LogP contribution in [0.3, 0.4) is 0 Å². The molecule has 21 heavy (non-hydrogen) atoms. The Labute approximate surface area is 123 Å². The van der Waals surface area contributed by atoms with E-state index >= 15 is 0 Å². The maximum Gasteiger partial charge on any atom is 0.241 e. The third-order valence-electron chi connectivity index (χ3n) is 4.04. The highest BCUT2D eigenvalue weighted by Crippen LogP contribution is 2.19. The van der Waals surface area contributed by atoms with Gasteiger partial charge in [0.25, 0.3) is 0 Å². The van der Waals surface area contributed by atoms with Crippen LogP contribution in [-0.2, 0) is 16.0 Å². The lowest BCUT2D eigenvalue weighted by atomic mass is 10.1. The van der Waals surface area contributed by atoms with Crippen LogP contribution in [0, 0.1) is 0 Å². The number of hydrogen-bond acceptors (Lipinski definition) is 2. The molecule has 5 heteroatoms. The molecule has 0 aliphatic carbocycles. The highest BCUT2D eigenvalue weighted by atomic mass is 16.2. The second-order valence-electron chi connectivity index (χ2n) is 5.52. The minimum atomic E-state index is 0.0137. The van der Waals surface area contributed by atoms with Crippen molar-refractivity contribution in [1.29, 1.82) is 0 Å². The zero-order valence-corrected chi connectivity index (χ0v) is 12.1. The molecule has 1 aliphatic rings. The molecule has 1 aromatic heterocycles. The van der Waals surface area contributed by atoms with Gasteiger partial charge in [0.05, 0.1) is 13.0 Å². The summed E-state index contributed by atoms with van der Waals surface area (Å²) in [4.78, 5) is 30.9. The summed E-state index contributed by atoms with van der Waals surface area (Å²) >= 11 is 0. The third-order valence-corrected chi connectivity index (χ3v) is 4.04. The number of carbonyl (C=O) groups excluding carboxylic acids is 2. The Morgan fingerprint density at radius 2 is 2.10 bits per heavy atom. The van der Waals surface area contributed by atoms with E-state index in [2.05, 4.69) is 4.98 Å². The van der Waals surface area contributed by atoms with E-state index in [0.717, 1.165) is 29.4 Å². The average molecular weight is 285 g/mol. The molecule has 2 amide bonds. The standard InChI is InChI=1S/C16H19N3O2/c1-18-7-4-8-19(11-16(18)21)15(20)9-12-10-17-14-6-3-2-5-13(12)14/h2-3,5-6,10,17H,4,7-9,11H2,1H3. The Balaban J connectivity index is 1.75. The van der Waals surface area contributed by atoms with Crippen LogP contribution in [0.1, 0.15) is 12.0 Å². The lowest BCUT2D eigenvalue weighted by molar-refractivity contribution is -0.137. The van der Waals surface area contributed by atoms with Crippen molar-refractivity contribution in [3.63, 3.8) is 0 Å². The molecule has 110 valence electrons. The zero-order chi connectivity index (χ0) is 14.8. The highest BCUT2D eigenvalue weighted by molar-refractivity contribution is 5.90. The second kappa shape index (κ2) is 5.60. The maximum absolute atomic E-state index is 12.5. The predicted octanol–water partition coefficient (Wildman–Crippen LogP) is 1.40. The Bertz CT molecular complexity index is 677. The van der Waals surface area contributed by atoms with Gasteiger partial charge in [-0.1, -0.05) is 18.2 Å². The van der Waals surface area contributed by atoms with Gasteiger partial charge in [-0.25, -0.2) is 0 Å². The molecule has 0 radical (unpaired) electrons. The highest BCUT2D eigenvalue weighted by Gasteiger charge is 2.23. The number of aromatic nitrogens is 1. The summed E-state index contributed by atoms with van der Waals surface area (Å²) in [5.41, 5.74) is 2.02. The van der Waals surface area contributed by atoms with E-state index in [4.69, 9.17) is 0 Å². The zero-order valence-electron chi connectivity index (χ0n) is 12.1. The number of H-pyrrole nitrogens is 1. The molecule has 1 aliphatic heterocycles. The summed E-state index contributed by atoms with van der Waals surface area (Å²) in [6, 6.07) is 7.94. The number of rotatable bonds is 2. The molecule has 1 N–H and O–H groups in total. The summed E-state index contributed by atoms with van der Waals surface area (Å²) in [5, 5.41) is 1.07. The lowest BCUT2D eigenvalue weighted by Gasteiger charge is -2.19. The maximum atomic E-state index is 12.5. The van der Waals surface area contributed by atoms with Gasteiger partial charge in [-0.15, -0.1) is 0 Å². The van der Waals surface area contributed by atoms with Gasteiger partial charge in [-0.05, 0) is 18.1 Å². The number of hydrogen-bond donors (Lipinski definition) is 1. The van der Waals surface area contributed by atoms with E-state index in [1.54, 1.807) is 16.8 Å². The molecule has 1 aromatic carbocycles. The number of nitrogens with zero attached hydrogens (tertiary/aromatic N) is 2. The van der Waals surface area contributed by atoms with Gasteiger partial charge in [0.2, 0.25) is 11.8 Å².